The fraction of sp³-hybridized carbons (Fsp3) is 0.200. The molecule has 5 heteroatoms. The van der Waals surface area contributed by atoms with E-state index in [4.69, 9.17) is 11.6 Å². The molecular weight excluding hydrogens is 274 g/mol. The predicted octanol–water partition coefficient (Wildman–Crippen LogP) is 3.73. The van der Waals surface area contributed by atoms with Crippen molar-refractivity contribution in [3.05, 3.63) is 52.8 Å². The number of halogens is 1. The van der Waals surface area contributed by atoms with Gasteiger partial charge >= 0.3 is 0 Å². The molecule has 1 heterocycles. The second kappa shape index (κ2) is 6.39. The molecule has 0 radical (unpaired) electrons. The second-order valence-electron chi connectivity index (χ2n) is 4.36. The van der Waals surface area contributed by atoms with E-state index in [-0.39, 0.29) is 5.91 Å². The van der Waals surface area contributed by atoms with Crippen LogP contribution >= 0.6 is 11.6 Å². The molecule has 0 spiro atoms. The normalized spacial score (nSPS) is 10.2. The Morgan fingerprint density at radius 3 is 2.80 bits per heavy atom. The summed E-state index contributed by atoms with van der Waals surface area (Å²) in [5.41, 5.74) is 2.94. The van der Waals surface area contributed by atoms with Crippen molar-refractivity contribution >= 4 is 28.9 Å². The Labute approximate surface area is 123 Å². The number of rotatable bonds is 4. The first-order valence-corrected chi connectivity index (χ1v) is 6.75. The molecule has 0 fully saturated rings. The van der Waals surface area contributed by atoms with Gasteiger partial charge in [-0.1, -0.05) is 11.6 Å². The van der Waals surface area contributed by atoms with Crippen LogP contribution in [0, 0.1) is 6.92 Å². The van der Waals surface area contributed by atoms with Crippen LogP contribution in [0.15, 0.2) is 36.7 Å². The summed E-state index contributed by atoms with van der Waals surface area (Å²) in [5.74, 6) is -0.197. The molecule has 0 unspecified atom stereocenters. The Morgan fingerprint density at radius 2 is 2.10 bits per heavy atom. The lowest BCUT2D eigenvalue weighted by Gasteiger charge is -2.12. The molecule has 2 aromatic rings. The number of anilines is 2. The number of hydrogen-bond acceptors (Lipinski definition) is 3. The SMILES string of the molecule is CCNc1ccc(Cl)cc1C(=O)Nc1ccncc1C. The first-order chi connectivity index (χ1) is 9.61. The van der Waals surface area contributed by atoms with Crippen LogP contribution in [0.25, 0.3) is 0 Å². The maximum atomic E-state index is 12.4. The number of pyridine rings is 1. The summed E-state index contributed by atoms with van der Waals surface area (Å²) in [7, 11) is 0. The molecule has 1 aromatic carbocycles. The van der Waals surface area contributed by atoms with Gasteiger partial charge in [-0.15, -0.1) is 0 Å². The van der Waals surface area contributed by atoms with Crippen molar-refractivity contribution in [2.24, 2.45) is 0 Å². The third-order valence-electron chi connectivity index (χ3n) is 2.86. The highest BCUT2D eigenvalue weighted by Gasteiger charge is 2.13. The zero-order valence-electron chi connectivity index (χ0n) is 11.4. The van der Waals surface area contributed by atoms with Gasteiger partial charge in [0.25, 0.3) is 5.91 Å². The van der Waals surface area contributed by atoms with E-state index in [1.54, 1.807) is 36.7 Å². The van der Waals surface area contributed by atoms with Crippen molar-refractivity contribution < 1.29 is 4.79 Å². The summed E-state index contributed by atoms with van der Waals surface area (Å²) in [6, 6.07) is 6.99. The molecule has 0 saturated heterocycles. The van der Waals surface area contributed by atoms with Crippen molar-refractivity contribution in [3.8, 4) is 0 Å². The van der Waals surface area contributed by atoms with E-state index in [0.717, 1.165) is 23.5 Å². The van der Waals surface area contributed by atoms with Crippen LogP contribution in [0.4, 0.5) is 11.4 Å². The number of hydrogen-bond donors (Lipinski definition) is 2. The van der Waals surface area contributed by atoms with Gasteiger partial charge in [0.15, 0.2) is 0 Å². The summed E-state index contributed by atoms with van der Waals surface area (Å²) in [4.78, 5) is 16.4. The number of nitrogens with one attached hydrogen (secondary N) is 2. The standard InChI is InChI=1S/C15H16ClN3O/c1-3-18-14-5-4-11(16)8-12(14)15(20)19-13-6-7-17-9-10(13)2/h4-9,18H,3H2,1-2H3,(H,17,19,20). The lowest BCUT2D eigenvalue weighted by atomic mass is 10.1. The van der Waals surface area contributed by atoms with Crippen LogP contribution in [-0.2, 0) is 0 Å². The summed E-state index contributed by atoms with van der Waals surface area (Å²) in [6.45, 7) is 4.60. The molecule has 0 atom stereocenters. The van der Waals surface area contributed by atoms with Crippen LogP contribution in [-0.4, -0.2) is 17.4 Å². The third kappa shape index (κ3) is 3.27. The molecule has 4 nitrogen and oxygen atoms in total. The van der Waals surface area contributed by atoms with Gasteiger partial charge < -0.3 is 10.6 Å². The van der Waals surface area contributed by atoms with Crippen LogP contribution in [0.5, 0.6) is 0 Å². The second-order valence-corrected chi connectivity index (χ2v) is 4.80. The molecule has 20 heavy (non-hydrogen) atoms. The average Bonchev–Trinajstić information content (AvgIpc) is 2.43. The van der Waals surface area contributed by atoms with E-state index in [0.29, 0.717) is 10.6 Å². The zero-order chi connectivity index (χ0) is 14.5. The number of aromatic nitrogens is 1. The van der Waals surface area contributed by atoms with E-state index < -0.39 is 0 Å². The van der Waals surface area contributed by atoms with E-state index >= 15 is 0 Å². The monoisotopic (exact) mass is 289 g/mol. The highest BCUT2D eigenvalue weighted by Crippen LogP contribution is 2.22. The third-order valence-corrected chi connectivity index (χ3v) is 3.10. The van der Waals surface area contributed by atoms with Crippen LogP contribution in [0.2, 0.25) is 5.02 Å². The largest absolute Gasteiger partial charge is 0.385 e. The van der Waals surface area contributed by atoms with Crippen molar-refractivity contribution in [1.29, 1.82) is 0 Å². The van der Waals surface area contributed by atoms with Gasteiger partial charge in [-0.25, -0.2) is 0 Å². The summed E-state index contributed by atoms with van der Waals surface area (Å²) in [6.07, 6.45) is 3.35. The highest BCUT2D eigenvalue weighted by molar-refractivity contribution is 6.31. The molecule has 2 rings (SSSR count). The molecule has 104 valence electrons. The minimum absolute atomic E-state index is 0.197. The van der Waals surface area contributed by atoms with Gasteiger partial charge in [-0.2, -0.15) is 0 Å². The van der Waals surface area contributed by atoms with Crippen molar-refractivity contribution in [2.45, 2.75) is 13.8 Å². The van der Waals surface area contributed by atoms with Crippen LogP contribution in [0.1, 0.15) is 22.8 Å². The number of nitrogens with zero attached hydrogens (tertiary/aromatic N) is 1. The lowest BCUT2D eigenvalue weighted by Crippen LogP contribution is -2.15. The molecular formula is C15H16ClN3O. The molecule has 1 amide bonds. The maximum absolute atomic E-state index is 12.4. The van der Waals surface area contributed by atoms with Crippen molar-refractivity contribution in [3.63, 3.8) is 0 Å². The Balaban J connectivity index is 2.29. The molecule has 0 aliphatic rings. The van der Waals surface area contributed by atoms with Gasteiger partial charge in [0.05, 0.1) is 5.56 Å². The van der Waals surface area contributed by atoms with Gasteiger partial charge in [0, 0.05) is 35.3 Å². The fourth-order valence-corrected chi connectivity index (χ4v) is 2.02. The van der Waals surface area contributed by atoms with E-state index in [1.807, 2.05) is 13.8 Å². The minimum atomic E-state index is -0.197. The quantitative estimate of drug-likeness (QED) is 0.902. The van der Waals surface area contributed by atoms with Crippen molar-refractivity contribution in [1.82, 2.24) is 4.98 Å². The van der Waals surface area contributed by atoms with Crippen molar-refractivity contribution in [2.75, 3.05) is 17.2 Å². The number of amides is 1. The zero-order valence-corrected chi connectivity index (χ0v) is 12.2. The van der Waals surface area contributed by atoms with Gasteiger partial charge in [0.2, 0.25) is 0 Å². The highest BCUT2D eigenvalue weighted by atomic mass is 35.5. The smallest absolute Gasteiger partial charge is 0.257 e. The number of aryl methyl sites for hydroxylation is 1. The van der Waals surface area contributed by atoms with Gasteiger partial charge in [-0.05, 0) is 43.7 Å². The first-order valence-electron chi connectivity index (χ1n) is 6.37. The van der Waals surface area contributed by atoms with Crippen LogP contribution in [0.3, 0.4) is 0 Å². The van der Waals surface area contributed by atoms with Crippen LogP contribution < -0.4 is 10.6 Å². The number of carbonyl (C=O) groups is 1. The molecule has 0 aliphatic carbocycles. The molecule has 0 bridgehead atoms. The molecule has 2 N–H and O–H groups in total. The van der Waals surface area contributed by atoms with E-state index in [9.17, 15) is 4.79 Å². The van der Waals surface area contributed by atoms with Gasteiger partial charge in [0.1, 0.15) is 0 Å². The number of benzene rings is 1. The topological polar surface area (TPSA) is 54.0 Å². The average molecular weight is 290 g/mol. The summed E-state index contributed by atoms with van der Waals surface area (Å²) < 4.78 is 0. The Kier molecular flexibility index (Phi) is 4.58. The van der Waals surface area contributed by atoms with E-state index in [2.05, 4.69) is 15.6 Å². The Hall–Kier alpha value is -2.07. The lowest BCUT2D eigenvalue weighted by molar-refractivity contribution is 0.102. The molecule has 0 aliphatic heterocycles. The Bertz CT molecular complexity index is 628. The maximum Gasteiger partial charge on any atom is 0.257 e. The first kappa shape index (κ1) is 14.3. The van der Waals surface area contributed by atoms with E-state index in [1.165, 1.54) is 0 Å². The fourth-order valence-electron chi connectivity index (χ4n) is 1.85. The number of carbonyl (C=O) groups excluding carboxylic acids is 1. The minimum Gasteiger partial charge on any atom is -0.385 e. The van der Waals surface area contributed by atoms with Gasteiger partial charge in [-0.3, -0.25) is 9.78 Å². The Morgan fingerprint density at radius 1 is 1.30 bits per heavy atom. The summed E-state index contributed by atoms with van der Waals surface area (Å²) >= 11 is 5.98. The summed E-state index contributed by atoms with van der Waals surface area (Å²) in [5, 5.41) is 6.56. The predicted molar refractivity (Wildman–Crippen MR) is 82.5 cm³/mol. The molecule has 1 aromatic heterocycles. The molecule has 0 saturated carbocycles.